The Kier molecular flexibility index (Phi) is 18.0. The molecule has 3 saturated heterocycles. The van der Waals surface area contributed by atoms with Gasteiger partial charge in [-0.2, -0.15) is 13.2 Å². The molecule has 0 saturated carbocycles. The predicted molar refractivity (Wildman–Crippen MR) is 315 cm³/mol. The number of nitrogens with zero attached hydrogens (tertiary/aromatic N) is 3. The monoisotopic (exact) mass is 1220 g/mol. The molecule has 0 bridgehead atoms. The number of carbonyl (C=O) groups excluding carboxylic acids is 3. The first-order valence-electron chi connectivity index (χ1n) is 28.0. The molecule has 0 radical (unpaired) electrons. The number of benzene rings is 6. The van der Waals surface area contributed by atoms with Crippen LogP contribution in [0.25, 0.3) is 0 Å². The molecule has 6 aliphatic heterocycles. The molecule has 0 aromatic heterocycles. The van der Waals surface area contributed by atoms with Crippen LogP contribution in [-0.2, 0) is 75.7 Å². The van der Waals surface area contributed by atoms with Gasteiger partial charge in [0.2, 0.25) is 17.7 Å². The van der Waals surface area contributed by atoms with Gasteiger partial charge in [0, 0.05) is 96.3 Å². The van der Waals surface area contributed by atoms with E-state index in [9.17, 15) is 27.6 Å². The lowest BCUT2D eigenvalue weighted by Gasteiger charge is -2.38. The summed E-state index contributed by atoms with van der Waals surface area (Å²) in [7, 11) is 0. The molecule has 3 fully saturated rings. The van der Waals surface area contributed by atoms with E-state index in [-0.39, 0.29) is 40.4 Å². The van der Waals surface area contributed by atoms with E-state index in [0.717, 1.165) is 132 Å². The molecule has 0 atom stereocenters. The van der Waals surface area contributed by atoms with Crippen molar-refractivity contribution in [2.45, 2.75) is 99.8 Å². The molecular formula is C64H68BrCl2F3N6O6. The number of alkyl halides is 3. The van der Waals surface area contributed by atoms with Crippen molar-refractivity contribution in [2.24, 2.45) is 17.2 Å². The zero-order chi connectivity index (χ0) is 57.8. The molecule has 6 N–H and O–H groups in total. The molecule has 12 rings (SSSR count). The summed E-state index contributed by atoms with van der Waals surface area (Å²) < 4.78 is 57.4. The first kappa shape index (κ1) is 59.0. The number of halogens is 6. The van der Waals surface area contributed by atoms with E-state index in [1.807, 2.05) is 76.5 Å². The van der Waals surface area contributed by atoms with E-state index in [1.54, 1.807) is 23.1 Å². The Morgan fingerprint density at radius 3 is 1.17 bits per heavy atom. The van der Waals surface area contributed by atoms with Crippen LogP contribution in [0.3, 0.4) is 0 Å². The fraction of sp³-hybridized carbons (Fsp3) is 0.391. The maximum atomic E-state index is 12.9. The molecule has 18 heteroatoms. The molecule has 6 aromatic rings. The number of ether oxygens (including phenoxy) is 3. The van der Waals surface area contributed by atoms with Gasteiger partial charge in [-0.1, -0.05) is 112 Å². The predicted octanol–water partition coefficient (Wildman–Crippen LogP) is 11.0. The molecule has 82 heavy (non-hydrogen) atoms. The summed E-state index contributed by atoms with van der Waals surface area (Å²) in [6.07, 6.45) is 1.59. The normalized spacial score (nSPS) is 17.8. The molecule has 12 nitrogen and oxygen atoms in total. The van der Waals surface area contributed by atoms with Crippen molar-refractivity contribution in [2.75, 3.05) is 59.1 Å². The van der Waals surface area contributed by atoms with Crippen LogP contribution < -0.4 is 31.4 Å². The third kappa shape index (κ3) is 13.0. The lowest BCUT2D eigenvalue weighted by atomic mass is 9.74. The second kappa shape index (κ2) is 25.0. The number of hydrogen-bond acceptors (Lipinski definition) is 9. The number of likely N-dealkylation sites (tertiary alicyclic amines) is 3. The number of carbonyl (C=O) groups is 3. The van der Waals surface area contributed by atoms with Crippen LogP contribution in [0.15, 0.2) is 126 Å². The summed E-state index contributed by atoms with van der Waals surface area (Å²) in [4.78, 5) is 43.8. The molecule has 6 aromatic carbocycles. The molecule has 6 heterocycles. The highest BCUT2D eigenvalue weighted by Gasteiger charge is 2.46. The van der Waals surface area contributed by atoms with Gasteiger partial charge >= 0.3 is 6.18 Å². The largest absolute Gasteiger partial charge is 0.492 e. The van der Waals surface area contributed by atoms with Crippen molar-refractivity contribution in [3.63, 3.8) is 0 Å². The molecule has 0 unspecified atom stereocenters. The molecule has 3 spiro atoms. The van der Waals surface area contributed by atoms with E-state index in [4.69, 9.17) is 54.6 Å². The minimum Gasteiger partial charge on any atom is -0.492 e. The summed E-state index contributed by atoms with van der Waals surface area (Å²) in [5.74, 6) is 3.00. The van der Waals surface area contributed by atoms with Crippen LogP contribution in [0.2, 0.25) is 10.0 Å². The SMILES string of the molecule is NCc1ccc2c(c1)C1(CCN(C(=O)Cc3ccc(Cl)c(Cl)c3)CC1)CO2.NCc1ccc2c(c1)C1(CCN(C(=O)Cc3cccc(Br)c3)CC1)CO2.NCc1ccc2c(c1)C1(CCN(C(=O)Cc3cccc(C(F)(F)F)c3)CC1)CO2. The van der Waals surface area contributed by atoms with Crippen molar-refractivity contribution >= 4 is 56.9 Å². The maximum Gasteiger partial charge on any atom is 0.416 e. The summed E-state index contributed by atoms with van der Waals surface area (Å²) in [5.41, 5.74) is 25.9. The highest BCUT2D eigenvalue weighted by Crippen LogP contribution is 2.49. The van der Waals surface area contributed by atoms with Crippen molar-refractivity contribution in [1.29, 1.82) is 0 Å². The van der Waals surface area contributed by atoms with Crippen LogP contribution in [-0.4, -0.2) is 91.5 Å². The van der Waals surface area contributed by atoms with Crippen molar-refractivity contribution in [1.82, 2.24) is 14.7 Å². The summed E-state index contributed by atoms with van der Waals surface area (Å²) in [5, 5.41) is 0.986. The third-order valence-corrected chi connectivity index (χ3v) is 18.7. The lowest BCUT2D eigenvalue weighted by Crippen LogP contribution is -2.46. The zero-order valence-electron chi connectivity index (χ0n) is 45.7. The van der Waals surface area contributed by atoms with E-state index >= 15 is 0 Å². The maximum absolute atomic E-state index is 12.9. The average Bonchev–Trinajstić information content (AvgIpc) is 3.85. The summed E-state index contributed by atoms with van der Waals surface area (Å²) in [6, 6.07) is 36.8. The van der Waals surface area contributed by atoms with Crippen molar-refractivity contribution in [3.8, 4) is 17.2 Å². The third-order valence-electron chi connectivity index (χ3n) is 17.5. The molecule has 3 amide bonds. The van der Waals surface area contributed by atoms with Crippen LogP contribution in [0.1, 0.15) is 94.2 Å². The van der Waals surface area contributed by atoms with Crippen molar-refractivity contribution in [3.05, 3.63) is 191 Å². The Morgan fingerprint density at radius 1 is 0.463 bits per heavy atom. The first-order chi connectivity index (χ1) is 39.4. The average molecular weight is 1230 g/mol. The molecule has 432 valence electrons. The Balaban J connectivity index is 0.000000138. The van der Waals surface area contributed by atoms with Crippen LogP contribution in [0, 0.1) is 0 Å². The van der Waals surface area contributed by atoms with Crippen LogP contribution in [0.4, 0.5) is 13.2 Å². The zero-order valence-corrected chi connectivity index (χ0v) is 48.8. The van der Waals surface area contributed by atoms with Gasteiger partial charge in [-0.15, -0.1) is 0 Å². The topological polar surface area (TPSA) is 167 Å². The second-order valence-corrected chi connectivity index (χ2v) is 24.3. The quantitative estimate of drug-likeness (QED) is 0.128. The van der Waals surface area contributed by atoms with Gasteiger partial charge in [0.1, 0.15) is 17.2 Å². The van der Waals surface area contributed by atoms with E-state index in [2.05, 4.69) is 34.1 Å². The van der Waals surface area contributed by atoms with Crippen LogP contribution in [0.5, 0.6) is 17.2 Å². The number of piperidine rings is 3. The molecule has 0 aliphatic carbocycles. The number of amides is 3. The highest BCUT2D eigenvalue weighted by atomic mass is 79.9. The number of nitrogens with two attached hydrogens (primary N) is 3. The first-order valence-corrected chi connectivity index (χ1v) is 29.5. The van der Waals surface area contributed by atoms with E-state index in [0.29, 0.717) is 81.0 Å². The van der Waals surface area contributed by atoms with Gasteiger partial charge < -0.3 is 46.1 Å². The summed E-state index contributed by atoms with van der Waals surface area (Å²) >= 11 is 15.5. The second-order valence-electron chi connectivity index (χ2n) is 22.6. The van der Waals surface area contributed by atoms with Gasteiger partial charge in [0.25, 0.3) is 0 Å². The Morgan fingerprint density at radius 2 is 0.817 bits per heavy atom. The van der Waals surface area contributed by atoms with E-state index in [1.165, 1.54) is 17.2 Å². The Bertz CT molecular complexity index is 3320. The van der Waals surface area contributed by atoms with Crippen molar-refractivity contribution < 1.29 is 41.8 Å². The Labute approximate surface area is 495 Å². The van der Waals surface area contributed by atoms with E-state index < -0.39 is 11.7 Å². The van der Waals surface area contributed by atoms with Gasteiger partial charge in [-0.3, -0.25) is 14.4 Å². The lowest BCUT2D eigenvalue weighted by molar-refractivity contribution is -0.138. The van der Waals surface area contributed by atoms with Gasteiger partial charge in [-0.25, -0.2) is 0 Å². The standard InChI is InChI=1S/C22H23F3N2O2.C21H23BrN2O2.C21H22Cl2N2O2/c23-22(24,25)17-3-1-2-15(10-17)12-20(28)27-8-6-21(7-9-27)14-29-19-5-4-16(13-26)11-18(19)21;22-17-3-1-2-15(10-17)12-20(25)24-8-6-21(7-9-24)14-26-19-5-4-16(13-23)11-18(19)21;22-17-3-1-14(10-18(17)23)11-20(26)25-7-5-21(6-8-25)13-27-19-4-2-15(12-24)9-16(19)21/h1-5,10-11H,6-9,12-14,26H2;1-5,10-11H,6-9,12-14,23H2;1-4,9-10H,5-8,11-13,24H2. The molecule has 6 aliphatic rings. The fourth-order valence-electron chi connectivity index (χ4n) is 12.4. The smallest absolute Gasteiger partial charge is 0.416 e. The number of hydrogen-bond donors (Lipinski definition) is 3. The Hall–Kier alpha value is -6.14. The van der Waals surface area contributed by atoms with Crippen LogP contribution >= 0.6 is 39.1 Å². The van der Waals surface area contributed by atoms with Gasteiger partial charge in [0.15, 0.2) is 0 Å². The fourth-order valence-corrected chi connectivity index (χ4v) is 13.2. The van der Waals surface area contributed by atoms with Gasteiger partial charge in [0.05, 0.1) is 54.7 Å². The highest BCUT2D eigenvalue weighted by molar-refractivity contribution is 9.10. The number of fused-ring (bicyclic) bond motifs is 6. The minimum atomic E-state index is -4.41. The minimum absolute atomic E-state index is 0.000867. The number of rotatable bonds is 9. The van der Waals surface area contributed by atoms with Gasteiger partial charge in [-0.05, 0) is 120 Å². The molecular weight excluding hydrogens is 1160 g/mol. The summed E-state index contributed by atoms with van der Waals surface area (Å²) in [6.45, 7) is 7.67.